The van der Waals surface area contributed by atoms with E-state index in [9.17, 15) is 9.90 Å². The topological polar surface area (TPSA) is 84.3 Å². The van der Waals surface area contributed by atoms with Crippen LogP contribution in [0.2, 0.25) is 0 Å². The zero-order valence-corrected chi connectivity index (χ0v) is 15.7. The van der Waals surface area contributed by atoms with Gasteiger partial charge in [0.1, 0.15) is 28.8 Å². The van der Waals surface area contributed by atoms with E-state index in [1.54, 1.807) is 7.11 Å². The van der Waals surface area contributed by atoms with Crippen molar-refractivity contribution in [2.45, 2.75) is 26.3 Å². The van der Waals surface area contributed by atoms with Crippen molar-refractivity contribution < 1.29 is 14.6 Å². The Bertz CT molecular complexity index is 906. The van der Waals surface area contributed by atoms with Gasteiger partial charge in [0.15, 0.2) is 0 Å². The van der Waals surface area contributed by atoms with Crippen LogP contribution < -0.4 is 10.1 Å². The van der Waals surface area contributed by atoms with E-state index in [1.165, 1.54) is 17.7 Å². The highest BCUT2D eigenvalue weighted by Crippen LogP contribution is 2.37. The summed E-state index contributed by atoms with van der Waals surface area (Å²) in [6, 6.07) is 7.04. The molecule has 1 atom stereocenters. The van der Waals surface area contributed by atoms with Crippen molar-refractivity contribution >= 4 is 33.3 Å². The molecular weight excluding hydrogens is 350 g/mol. The molecule has 0 saturated carbocycles. The lowest BCUT2D eigenvalue weighted by molar-refractivity contribution is -0.138. The molecule has 1 unspecified atom stereocenters. The van der Waals surface area contributed by atoms with Crippen LogP contribution in [0, 0.1) is 5.92 Å². The van der Waals surface area contributed by atoms with Gasteiger partial charge in [-0.3, -0.25) is 0 Å². The van der Waals surface area contributed by atoms with Crippen LogP contribution in [-0.2, 0) is 4.79 Å². The Labute approximate surface area is 155 Å². The van der Waals surface area contributed by atoms with Crippen LogP contribution in [0.1, 0.15) is 20.3 Å². The highest BCUT2D eigenvalue weighted by Gasteiger charge is 2.22. The SMILES string of the molecule is COc1ccc(-c2csc3ncnc(NC(CC(C)C)C(=O)O)c23)cc1. The quantitative estimate of drug-likeness (QED) is 0.645. The van der Waals surface area contributed by atoms with Gasteiger partial charge in [-0.1, -0.05) is 26.0 Å². The first-order valence-electron chi connectivity index (χ1n) is 8.35. The average Bonchev–Trinajstić information content (AvgIpc) is 3.06. The molecule has 7 heteroatoms. The molecule has 0 bridgehead atoms. The van der Waals surface area contributed by atoms with Gasteiger partial charge in [0.05, 0.1) is 12.5 Å². The number of aromatic nitrogens is 2. The lowest BCUT2D eigenvalue weighted by Gasteiger charge is -2.17. The van der Waals surface area contributed by atoms with E-state index in [4.69, 9.17) is 4.74 Å². The first kappa shape index (κ1) is 18.1. The van der Waals surface area contributed by atoms with Crippen molar-refractivity contribution in [3.63, 3.8) is 0 Å². The fourth-order valence-corrected chi connectivity index (χ4v) is 3.74. The molecule has 26 heavy (non-hydrogen) atoms. The molecule has 0 amide bonds. The summed E-state index contributed by atoms with van der Waals surface area (Å²) in [4.78, 5) is 21.1. The van der Waals surface area contributed by atoms with Crippen molar-refractivity contribution in [1.82, 2.24) is 9.97 Å². The highest BCUT2D eigenvalue weighted by atomic mass is 32.1. The molecule has 2 N–H and O–H groups in total. The van der Waals surface area contributed by atoms with Crippen LogP contribution >= 0.6 is 11.3 Å². The smallest absolute Gasteiger partial charge is 0.326 e. The summed E-state index contributed by atoms with van der Waals surface area (Å²) in [6.45, 7) is 4.00. The Morgan fingerprint density at radius 2 is 2.00 bits per heavy atom. The monoisotopic (exact) mass is 371 g/mol. The first-order valence-corrected chi connectivity index (χ1v) is 9.23. The van der Waals surface area contributed by atoms with Gasteiger partial charge in [-0.2, -0.15) is 0 Å². The third-order valence-corrected chi connectivity index (χ3v) is 4.97. The van der Waals surface area contributed by atoms with Gasteiger partial charge in [0, 0.05) is 10.9 Å². The van der Waals surface area contributed by atoms with Gasteiger partial charge in [0.2, 0.25) is 0 Å². The summed E-state index contributed by atoms with van der Waals surface area (Å²) in [5.41, 5.74) is 1.98. The molecule has 136 valence electrons. The molecule has 0 saturated heterocycles. The number of benzene rings is 1. The van der Waals surface area contributed by atoms with Crippen LogP contribution in [0.3, 0.4) is 0 Å². The lowest BCUT2D eigenvalue weighted by atomic mass is 10.0. The number of fused-ring (bicyclic) bond motifs is 1. The van der Waals surface area contributed by atoms with Crippen LogP contribution in [-0.4, -0.2) is 34.2 Å². The zero-order valence-electron chi connectivity index (χ0n) is 14.9. The Hall–Kier alpha value is -2.67. The van der Waals surface area contributed by atoms with Crippen molar-refractivity contribution in [2.24, 2.45) is 5.92 Å². The van der Waals surface area contributed by atoms with Gasteiger partial charge < -0.3 is 15.2 Å². The van der Waals surface area contributed by atoms with E-state index in [0.717, 1.165) is 27.1 Å². The van der Waals surface area contributed by atoms with Crippen molar-refractivity contribution in [1.29, 1.82) is 0 Å². The van der Waals surface area contributed by atoms with E-state index < -0.39 is 12.0 Å². The maximum absolute atomic E-state index is 11.6. The molecule has 0 fully saturated rings. The molecule has 2 heterocycles. The molecular formula is C19H21N3O3S. The van der Waals surface area contributed by atoms with Gasteiger partial charge in [-0.15, -0.1) is 11.3 Å². The minimum atomic E-state index is -0.883. The van der Waals surface area contributed by atoms with Gasteiger partial charge in [-0.25, -0.2) is 14.8 Å². The Balaban J connectivity index is 2.03. The Morgan fingerprint density at radius 1 is 1.27 bits per heavy atom. The van der Waals surface area contributed by atoms with Crippen molar-refractivity contribution in [3.05, 3.63) is 36.0 Å². The van der Waals surface area contributed by atoms with E-state index in [2.05, 4.69) is 15.3 Å². The molecule has 6 nitrogen and oxygen atoms in total. The number of nitrogens with zero attached hydrogens (tertiary/aromatic N) is 2. The summed E-state index contributed by atoms with van der Waals surface area (Å²) >= 11 is 1.51. The number of rotatable bonds is 7. The second-order valence-electron chi connectivity index (χ2n) is 6.45. The minimum absolute atomic E-state index is 0.254. The Morgan fingerprint density at radius 3 is 2.62 bits per heavy atom. The number of hydrogen-bond donors (Lipinski definition) is 2. The highest BCUT2D eigenvalue weighted by molar-refractivity contribution is 7.17. The summed E-state index contributed by atoms with van der Waals surface area (Å²) < 4.78 is 5.21. The molecule has 0 aliphatic heterocycles. The van der Waals surface area contributed by atoms with E-state index in [1.807, 2.05) is 43.5 Å². The van der Waals surface area contributed by atoms with Crippen LogP contribution in [0.15, 0.2) is 36.0 Å². The lowest BCUT2D eigenvalue weighted by Crippen LogP contribution is -2.31. The van der Waals surface area contributed by atoms with Crippen LogP contribution in [0.5, 0.6) is 5.75 Å². The molecule has 3 aromatic rings. The van der Waals surface area contributed by atoms with Crippen LogP contribution in [0.4, 0.5) is 5.82 Å². The largest absolute Gasteiger partial charge is 0.497 e. The van der Waals surface area contributed by atoms with E-state index in [0.29, 0.717) is 12.2 Å². The van der Waals surface area contributed by atoms with Crippen LogP contribution in [0.25, 0.3) is 21.3 Å². The number of aliphatic carboxylic acids is 1. The minimum Gasteiger partial charge on any atom is -0.497 e. The fourth-order valence-electron chi connectivity index (χ4n) is 2.83. The molecule has 0 radical (unpaired) electrons. The average molecular weight is 371 g/mol. The number of anilines is 1. The van der Waals surface area contributed by atoms with Gasteiger partial charge in [0.25, 0.3) is 0 Å². The fraction of sp³-hybridized carbons (Fsp3) is 0.316. The zero-order chi connectivity index (χ0) is 18.7. The molecule has 1 aromatic carbocycles. The summed E-state index contributed by atoms with van der Waals surface area (Å²) in [5.74, 6) is 0.706. The Kier molecular flexibility index (Phi) is 5.37. The van der Waals surface area contributed by atoms with Crippen molar-refractivity contribution in [2.75, 3.05) is 12.4 Å². The molecule has 0 aliphatic carbocycles. The molecule has 0 spiro atoms. The number of thiophene rings is 1. The third-order valence-electron chi connectivity index (χ3n) is 4.09. The maximum atomic E-state index is 11.6. The number of carboxylic acid groups (broad SMARTS) is 1. The van der Waals surface area contributed by atoms with Crippen molar-refractivity contribution in [3.8, 4) is 16.9 Å². The maximum Gasteiger partial charge on any atom is 0.326 e. The number of carboxylic acids is 1. The normalized spacial score (nSPS) is 12.3. The second kappa shape index (κ2) is 7.70. The third kappa shape index (κ3) is 3.77. The standard InChI is InChI=1S/C19H21N3O3S/c1-11(2)8-15(19(23)24)22-17-16-14(9-26-18(16)21-10-20-17)12-4-6-13(25-3)7-5-12/h4-7,9-11,15H,8H2,1-3H3,(H,23,24)(H,20,21,22). The summed E-state index contributed by atoms with van der Waals surface area (Å²) in [7, 11) is 1.63. The number of ether oxygens (including phenoxy) is 1. The number of nitrogens with one attached hydrogen (secondary N) is 1. The number of carbonyl (C=O) groups is 1. The van der Waals surface area contributed by atoms with E-state index in [-0.39, 0.29) is 5.92 Å². The van der Waals surface area contributed by atoms with Gasteiger partial charge in [-0.05, 0) is 30.0 Å². The predicted octanol–water partition coefficient (Wildman–Crippen LogP) is 4.28. The first-order chi connectivity index (χ1) is 12.5. The number of methoxy groups -OCH3 is 1. The second-order valence-corrected chi connectivity index (χ2v) is 7.30. The molecule has 0 aliphatic rings. The summed E-state index contributed by atoms with van der Waals surface area (Å²) in [5, 5.41) is 15.5. The van der Waals surface area contributed by atoms with E-state index >= 15 is 0 Å². The van der Waals surface area contributed by atoms with Gasteiger partial charge >= 0.3 is 5.97 Å². The summed E-state index contributed by atoms with van der Waals surface area (Å²) in [6.07, 6.45) is 1.98. The molecule has 3 rings (SSSR count). The molecule has 2 aromatic heterocycles. The predicted molar refractivity (Wildman–Crippen MR) is 104 cm³/mol. The number of hydrogen-bond acceptors (Lipinski definition) is 6.